The van der Waals surface area contributed by atoms with E-state index in [0.29, 0.717) is 17.2 Å². The molecule has 19 heavy (non-hydrogen) atoms. The van der Waals surface area contributed by atoms with Crippen LogP contribution in [0.2, 0.25) is 0 Å². The van der Waals surface area contributed by atoms with Crippen LogP contribution in [0.5, 0.6) is 0 Å². The third-order valence-corrected chi connectivity index (χ3v) is 3.46. The lowest BCUT2D eigenvalue weighted by Crippen LogP contribution is -2.14. The SMILES string of the molecule is CC[C@H](C)c1ccccc1NC(=O)c1ccoc1C. The molecule has 0 saturated heterocycles. The minimum Gasteiger partial charge on any atom is -0.469 e. The molecule has 0 radical (unpaired) electrons. The summed E-state index contributed by atoms with van der Waals surface area (Å²) >= 11 is 0. The Morgan fingerprint density at radius 1 is 1.32 bits per heavy atom. The highest BCUT2D eigenvalue weighted by Gasteiger charge is 2.14. The van der Waals surface area contributed by atoms with Gasteiger partial charge in [-0.1, -0.05) is 32.0 Å². The first-order valence-electron chi connectivity index (χ1n) is 6.57. The lowest BCUT2D eigenvalue weighted by Gasteiger charge is -2.15. The van der Waals surface area contributed by atoms with E-state index < -0.39 is 0 Å². The molecule has 1 N–H and O–H groups in total. The monoisotopic (exact) mass is 257 g/mol. The molecule has 1 aromatic heterocycles. The number of carbonyl (C=O) groups is 1. The number of anilines is 1. The number of rotatable bonds is 4. The number of furan rings is 1. The van der Waals surface area contributed by atoms with Crippen molar-refractivity contribution in [1.82, 2.24) is 0 Å². The topological polar surface area (TPSA) is 42.2 Å². The first-order chi connectivity index (χ1) is 9.13. The highest BCUT2D eigenvalue weighted by molar-refractivity contribution is 6.05. The second-order valence-corrected chi connectivity index (χ2v) is 4.74. The van der Waals surface area contributed by atoms with Crippen LogP contribution in [-0.4, -0.2) is 5.91 Å². The minimum absolute atomic E-state index is 0.123. The predicted molar refractivity (Wildman–Crippen MR) is 76.5 cm³/mol. The van der Waals surface area contributed by atoms with Crippen LogP contribution in [0.4, 0.5) is 5.69 Å². The van der Waals surface area contributed by atoms with Crippen LogP contribution in [0.3, 0.4) is 0 Å². The van der Waals surface area contributed by atoms with Crippen molar-refractivity contribution in [2.45, 2.75) is 33.1 Å². The minimum atomic E-state index is -0.123. The van der Waals surface area contributed by atoms with E-state index in [1.165, 1.54) is 11.8 Å². The summed E-state index contributed by atoms with van der Waals surface area (Å²) < 4.78 is 5.16. The quantitative estimate of drug-likeness (QED) is 0.884. The molecular formula is C16H19NO2. The van der Waals surface area contributed by atoms with Gasteiger partial charge in [-0.15, -0.1) is 0 Å². The summed E-state index contributed by atoms with van der Waals surface area (Å²) in [6, 6.07) is 9.63. The zero-order chi connectivity index (χ0) is 13.8. The summed E-state index contributed by atoms with van der Waals surface area (Å²) in [6.07, 6.45) is 2.57. The molecular weight excluding hydrogens is 238 g/mol. The molecule has 0 aliphatic carbocycles. The van der Waals surface area contributed by atoms with E-state index in [1.807, 2.05) is 18.2 Å². The van der Waals surface area contributed by atoms with Crippen molar-refractivity contribution in [3.05, 3.63) is 53.5 Å². The van der Waals surface area contributed by atoms with E-state index in [9.17, 15) is 4.79 Å². The van der Waals surface area contributed by atoms with E-state index in [-0.39, 0.29) is 5.91 Å². The average Bonchev–Trinajstić information content (AvgIpc) is 2.85. The van der Waals surface area contributed by atoms with Gasteiger partial charge in [0.25, 0.3) is 5.91 Å². The predicted octanol–water partition coefficient (Wildman–Crippen LogP) is 4.35. The van der Waals surface area contributed by atoms with Crippen LogP contribution in [0.25, 0.3) is 0 Å². The van der Waals surface area contributed by atoms with Gasteiger partial charge in [0, 0.05) is 5.69 Å². The number of aryl methyl sites for hydroxylation is 1. The van der Waals surface area contributed by atoms with Gasteiger partial charge in [0.05, 0.1) is 11.8 Å². The number of nitrogens with one attached hydrogen (secondary N) is 1. The molecule has 1 aromatic carbocycles. The Morgan fingerprint density at radius 2 is 2.05 bits per heavy atom. The third kappa shape index (κ3) is 2.87. The van der Waals surface area contributed by atoms with E-state index in [0.717, 1.165) is 12.1 Å². The Bertz CT molecular complexity index is 572. The van der Waals surface area contributed by atoms with Crippen LogP contribution in [0.1, 0.15) is 47.9 Å². The highest BCUT2D eigenvalue weighted by Crippen LogP contribution is 2.27. The van der Waals surface area contributed by atoms with Crippen LogP contribution >= 0.6 is 0 Å². The molecule has 100 valence electrons. The van der Waals surface area contributed by atoms with Gasteiger partial charge in [0.15, 0.2) is 0 Å². The number of amides is 1. The molecule has 3 nitrogen and oxygen atoms in total. The van der Waals surface area contributed by atoms with E-state index in [2.05, 4.69) is 25.2 Å². The first kappa shape index (κ1) is 13.4. The Hall–Kier alpha value is -2.03. The highest BCUT2D eigenvalue weighted by atomic mass is 16.3. The zero-order valence-corrected chi connectivity index (χ0v) is 11.6. The summed E-state index contributed by atoms with van der Waals surface area (Å²) in [6.45, 7) is 6.09. The van der Waals surface area contributed by atoms with Crippen molar-refractivity contribution < 1.29 is 9.21 Å². The fourth-order valence-electron chi connectivity index (χ4n) is 2.07. The molecule has 1 atom stereocenters. The summed E-state index contributed by atoms with van der Waals surface area (Å²) in [4.78, 5) is 12.2. The van der Waals surface area contributed by atoms with Gasteiger partial charge < -0.3 is 9.73 Å². The summed E-state index contributed by atoms with van der Waals surface area (Å²) in [5.41, 5.74) is 2.63. The van der Waals surface area contributed by atoms with E-state index in [1.54, 1.807) is 13.0 Å². The first-order valence-corrected chi connectivity index (χ1v) is 6.57. The van der Waals surface area contributed by atoms with Gasteiger partial charge >= 0.3 is 0 Å². The molecule has 0 aliphatic rings. The number of benzene rings is 1. The van der Waals surface area contributed by atoms with Gasteiger partial charge in [0.1, 0.15) is 5.76 Å². The average molecular weight is 257 g/mol. The Balaban J connectivity index is 2.24. The van der Waals surface area contributed by atoms with Crippen molar-refractivity contribution in [2.75, 3.05) is 5.32 Å². The second-order valence-electron chi connectivity index (χ2n) is 4.74. The van der Waals surface area contributed by atoms with Crippen LogP contribution < -0.4 is 5.32 Å². The molecule has 1 amide bonds. The van der Waals surface area contributed by atoms with Gasteiger partial charge in [-0.05, 0) is 37.0 Å². The molecule has 0 saturated carbocycles. The van der Waals surface area contributed by atoms with Crippen molar-refractivity contribution in [1.29, 1.82) is 0 Å². The van der Waals surface area contributed by atoms with Crippen LogP contribution in [0, 0.1) is 6.92 Å². The summed E-state index contributed by atoms with van der Waals surface area (Å²) in [7, 11) is 0. The summed E-state index contributed by atoms with van der Waals surface area (Å²) in [5.74, 6) is 0.933. The zero-order valence-electron chi connectivity index (χ0n) is 11.6. The van der Waals surface area contributed by atoms with Crippen LogP contribution in [-0.2, 0) is 0 Å². The normalized spacial score (nSPS) is 12.2. The maximum Gasteiger partial charge on any atom is 0.259 e. The van der Waals surface area contributed by atoms with Crippen molar-refractivity contribution in [3.63, 3.8) is 0 Å². The molecule has 0 bridgehead atoms. The van der Waals surface area contributed by atoms with E-state index in [4.69, 9.17) is 4.42 Å². The van der Waals surface area contributed by atoms with Gasteiger partial charge in [0.2, 0.25) is 0 Å². The Kier molecular flexibility index (Phi) is 4.05. The molecule has 0 unspecified atom stereocenters. The van der Waals surface area contributed by atoms with Crippen molar-refractivity contribution >= 4 is 11.6 Å². The maximum atomic E-state index is 12.2. The largest absolute Gasteiger partial charge is 0.469 e. The standard InChI is InChI=1S/C16H19NO2/c1-4-11(2)13-7-5-6-8-15(13)17-16(18)14-9-10-19-12(14)3/h5-11H,4H2,1-3H3,(H,17,18)/t11-/m0/s1. The number of para-hydroxylation sites is 1. The van der Waals surface area contributed by atoms with Gasteiger partial charge in [-0.2, -0.15) is 0 Å². The van der Waals surface area contributed by atoms with Gasteiger partial charge in [-0.25, -0.2) is 0 Å². The molecule has 0 aliphatic heterocycles. The van der Waals surface area contributed by atoms with Crippen LogP contribution in [0.15, 0.2) is 41.0 Å². The van der Waals surface area contributed by atoms with E-state index >= 15 is 0 Å². The van der Waals surface area contributed by atoms with Crippen molar-refractivity contribution in [3.8, 4) is 0 Å². The molecule has 1 heterocycles. The molecule has 2 aromatic rings. The Morgan fingerprint density at radius 3 is 2.68 bits per heavy atom. The molecule has 3 heteroatoms. The number of carbonyl (C=O) groups excluding carboxylic acids is 1. The fraction of sp³-hybridized carbons (Fsp3) is 0.312. The van der Waals surface area contributed by atoms with Gasteiger partial charge in [-0.3, -0.25) is 4.79 Å². The van der Waals surface area contributed by atoms with Crippen molar-refractivity contribution in [2.24, 2.45) is 0 Å². The third-order valence-electron chi connectivity index (χ3n) is 3.46. The lowest BCUT2D eigenvalue weighted by molar-refractivity contribution is 0.102. The summed E-state index contributed by atoms with van der Waals surface area (Å²) in [5, 5.41) is 2.97. The number of hydrogen-bond donors (Lipinski definition) is 1. The number of hydrogen-bond acceptors (Lipinski definition) is 2. The fourth-order valence-corrected chi connectivity index (χ4v) is 2.07. The molecule has 2 rings (SSSR count). The second kappa shape index (κ2) is 5.74. The molecule has 0 fully saturated rings. The maximum absolute atomic E-state index is 12.2. The lowest BCUT2D eigenvalue weighted by atomic mass is 9.97. The Labute approximate surface area is 113 Å². The smallest absolute Gasteiger partial charge is 0.259 e. The molecule has 0 spiro atoms.